The Hall–Kier alpha value is -2.23. The minimum atomic E-state index is -2.32. The molecule has 30 heavy (non-hydrogen) atoms. The predicted molar refractivity (Wildman–Crippen MR) is 116 cm³/mol. The molecule has 4 rings (SSSR count). The van der Waals surface area contributed by atoms with Gasteiger partial charge in [0, 0.05) is 32.9 Å². The molecular formula is C22H22O6S2. The van der Waals surface area contributed by atoms with E-state index in [2.05, 4.69) is 0 Å². The Kier molecular flexibility index (Phi) is 5.69. The summed E-state index contributed by atoms with van der Waals surface area (Å²) in [5.41, 5.74) is -1.13. The van der Waals surface area contributed by atoms with Gasteiger partial charge in [-0.1, -0.05) is 23.8 Å². The number of carboxylic acids is 1. The zero-order chi connectivity index (χ0) is 21.5. The summed E-state index contributed by atoms with van der Waals surface area (Å²) in [7, 11) is 0. The van der Waals surface area contributed by atoms with E-state index < -0.39 is 30.2 Å². The second-order valence-electron chi connectivity index (χ2n) is 7.52. The lowest BCUT2D eigenvalue weighted by Gasteiger charge is -2.38. The topological polar surface area (TPSA) is 107 Å². The van der Waals surface area contributed by atoms with Crippen LogP contribution in [0.5, 0.6) is 0 Å². The lowest BCUT2D eigenvalue weighted by atomic mass is 9.77. The molecule has 0 bridgehead atoms. The van der Waals surface area contributed by atoms with Crippen LogP contribution in [0.25, 0.3) is 10.1 Å². The van der Waals surface area contributed by atoms with E-state index in [1.165, 1.54) is 22.7 Å². The van der Waals surface area contributed by atoms with Gasteiger partial charge in [-0.15, -0.1) is 22.7 Å². The van der Waals surface area contributed by atoms with Crippen molar-refractivity contribution in [2.24, 2.45) is 0 Å². The summed E-state index contributed by atoms with van der Waals surface area (Å²) in [6, 6.07) is 11.7. The SMILES string of the molecule is Cc1ccc2sc(CC3=C(OCc4cccs4)[C@@H](O)[C@H](O)C[C@]3(O)C(=O)O)cc2c1. The maximum Gasteiger partial charge on any atom is 0.340 e. The van der Waals surface area contributed by atoms with Crippen LogP contribution in [-0.4, -0.2) is 44.2 Å². The molecule has 1 aromatic carbocycles. The third-order valence-corrected chi connectivity index (χ3v) is 7.28. The molecule has 6 nitrogen and oxygen atoms in total. The van der Waals surface area contributed by atoms with Crippen molar-refractivity contribution >= 4 is 38.7 Å². The molecule has 0 saturated carbocycles. The van der Waals surface area contributed by atoms with Gasteiger partial charge in [0.1, 0.15) is 18.5 Å². The highest BCUT2D eigenvalue weighted by Crippen LogP contribution is 2.39. The van der Waals surface area contributed by atoms with Crippen LogP contribution in [-0.2, 0) is 22.6 Å². The maximum atomic E-state index is 12.0. The molecule has 0 spiro atoms. The minimum absolute atomic E-state index is 0.0688. The molecular weight excluding hydrogens is 424 g/mol. The lowest BCUT2D eigenvalue weighted by Crippen LogP contribution is -2.52. The van der Waals surface area contributed by atoms with Crippen LogP contribution < -0.4 is 0 Å². The maximum absolute atomic E-state index is 12.0. The summed E-state index contributed by atoms with van der Waals surface area (Å²) in [6.45, 7) is 2.11. The average Bonchev–Trinajstić information content (AvgIpc) is 3.34. The fraction of sp³-hybridized carbons (Fsp3) is 0.318. The predicted octanol–water partition coefficient (Wildman–Crippen LogP) is 3.23. The largest absolute Gasteiger partial charge is 0.489 e. The lowest BCUT2D eigenvalue weighted by molar-refractivity contribution is -0.162. The number of carboxylic acid groups (broad SMARTS) is 1. The molecule has 0 saturated heterocycles. The number of hydrogen-bond donors (Lipinski definition) is 4. The highest BCUT2D eigenvalue weighted by Gasteiger charge is 2.50. The van der Waals surface area contributed by atoms with Crippen LogP contribution in [0, 0.1) is 6.92 Å². The Morgan fingerprint density at radius 2 is 2.03 bits per heavy atom. The molecule has 3 atom stereocenters. The molecule has 4 N–H and O–H groups in total. The molecule has 2 aromatic heterocycles. The number of aliphatic hydroxyl groups excluding tert-OH is 2. The molecule has 0 amide bonds. The van der Waals surface area contributed by atoms with Crippen molar-refractivity contribution in [1.82, 2.24) is 0 Å². The van der Waals surface area contributed by atoms with Crippen LogP contribution in [0.15, 0.2) is 53.1 Å². The Morgan fingerprint density at radius 1 is 1.23 bits per heavy atom. The van der Waals surface area contributed by atoms with Gasteiger partial charge in [-0.2, -0.15) is 0 Å². The van der Waals surface area contributed by atoms with Crippen molar-refractivity contribution in [3.8, 4) is 0 Å². The van der Waals surface area contributed by atoms with Gasteiger partial charge in [-0.25, -0.2) is 4.79 Å². The minimum Gasteiger partial charge on any atom is -0.489 e. The van der Waals surface area contributed by atoms with Gasteiger partial charge in [-0.3, -0.25) is 0 Å². The molecule has 158 valence electrons. The molecule has 1 aliphatic carbocycles. The summed E-state index contributed by atoms with van der Waals surface area (Å²) in [6.07, 6.45) is -3.26. The number of rotatable bonds is 6. The zero-order valence-electron chi connectivity index (χ0n) is 16.2. The number of aliphatic hydroxyl groups is 3. The fourth-order valence-electron chi connectivity index (χ4n) is 3.74. The van der Waals surface area contributed by atoms with Crippen molar-refractivity contribution in [1.29, 1.82) is 0 Å². The van der Waals surface area contributed by atoms with Gasteiger partial charge >= 0.3 is 5.97 Å². The summed E-state index contributed by atoms with van der Waals surface area (Å²) in [4.78, 5) is 13.7. The number of thiophene rings is 2. The average molecular weight is 447 g/mol. The van der Waals surface area contributed by atoms with Gasteiger partial charge in [0.25, 0.3) is 0 Å². The Labute approximate surface area is 181 Å². The third-order valence-electron chi connectivity index (χ3n) is 5.31. The third kappa shape index (κ3) is 3.89. The van der Waals surface area contributed by atoms with Crippen molar-refractivity contribution in [3.05, 3.63) is 68.4 Å². The monoisotopic (exact) mass is 446 g/mol. The standard InChI is InChI=1S/C22H22O6S2/c1-12-4-5-18-13(7-12)8-15(30-18)9-16-20(28-11-14-3-2-6-29-14)19(24)17(23)10-22(16,27)21(25)26/h2-8,17,19,23-24,27H,9-11H2,1H3,(H,25,26)/t17-,19+,22-/m1/s1. The van der Waals surface area contributed by atoms with Crippen LogP contribution in [0.3, 0.4) is 0 Å². The Balaban J connectivity index is 1.76. The molecule has 0 fully saturated rings. The van der Waals surface area contributed by atoms with Crippen LogP contribution >= 0.6 is 22.7 Å². The quantitative estimate of drug-likeness (QED) is 0.463. The Morgan fingerprint density at radius 3 is 2.73 bits per heavy atom. The molecule has 8 heteroatoms. The number of aryl methyl sites for hydroxylation is 1. The van der Waals surface area contributed by atoms with Crippen LogP contribution in [0.4, 0.5) is 0 Å². The zero-order valence-corrected chi connectivity index (χ0v) is 17.9. The first-order chi connectivity index (χ1) is 14.3. The van der Waals surface area contributed by atoms with E-state index in [0.29, 0.717) is 0 Å². The highest BCUT2D eigenvalue weighted by molar-refractivity contribution is 7.19. The fourth-order valence-corrected chi connectivity index (χ4v) is 5.41. The first-order valence-electron chi connectivity index (χ1n) is 9.47. The molecule has 0 aliphatic heterocycles. The van der Waals surface area contributed by atoms with Crippen molar-refractivity contribution in [3.63, 3.8) is 0 Å². The first kappa shape index (κ1) is 21.0. The molecule has 1 aliphatic rings. The van der Waals surface area contributed by atoms with E-state index in [0.717, 1.165) is 25.4 Å². The summed E-state index contributed by atoms with van der Waals surface area (Å²) in [5.74, 6) is -1.54. The number of carbonyl (C=O) groups is 1. The van der Waals surface area contributed by atoms with Gasteiger partial charge in [-0.05, 0) is 35.9 Å². The van der Waals surface area contributed by atoms with Gasteiger partial charge in [0.05, 0.1) is 6.10 Å². The van der Waals surface area contributed by atoms with E-state index >= 15 is 0 Å². The van der Waals surface area contributed by atoms with Gasteiger partial charge < -0.3 is 25.2 Å². The van der Waals surface area contributed by atoms with E-state index in [1.54, 1.807) is 0 Å². The smallest absolute Gasteiger partial charge is 0.340 e. The molecule has 0 radical (unpaired) electrons. The summed E-state index contributed by atoms with van der Waals surface area (Å²) >= 11 is 2.96. The van der Waals surface area contributed by atoms with E-state index in [1.807, 2.05) is 48.7 Å². The number of aliphatic carboxylic acids is 1. The number of fused-ring (bicyclic) bond motifs is 1. The Bertz CT molecular complexity index is 1100. The first-order valence-corrected chi connectivity index (χ1v) is 11.2. The van der Waals surface area contributed by atoms with E-state index in [9.17, 15) is 25.2 Å². The van der Waals surface area contributed by atoms with Crippen LogP contribution in [0.1, 0.15) is 21.7 Å². The van der Waals surface area contributed by atoms with Gasteiger partial charge in [0.15, 0.2) is 5.60 Å². The molecule has 3 aromatic rings. The second kappa shape index (κ2) is 8.13. The second-order valence-corrected chi connectivity index (χ2v) is 9.72. The van der Waals surface area contributed by atoms with Crippen molar-refractivity contribution < 1.29 is 30.0 Å². The molecule has 2 heterocycles. The normalized spacial score (nSPS) is 24.4. The van der Waals surface area contributed by atoms with Gasteiger partial charge in [0.2, 0.25) is 0 Å². The van der Waals surface area contributed by atoms with E-state index in [4.69, 9.17) is 4.74 Å². The van der Waals surface area contributed by atoms with E-state index in [-0.39, 0.29) is 24.4 Å². The van der Waals surface area contributed by atoms with Crippen LogP contribution in [0.2, 0.25) is 0 Å². The number of benzene rings is 1. The number of ether oxygens (including phenoxy) is 1. The van der Waals surface area contributed by atoms with Crippen molar-refractivity contribution in [2.75, 3.05) is 0 Å². The summed E-state index contributed by atoms with van der Waals surface area (Å²) < 4.78 is 6.84. The highest BCUT2D eigenvalue weighted by atomic mass is 32.1. The number of hydrogen-bond acceptors (Lipinski definition) is 7. The summed E-state index contributed by atoms with van der Waals surface area (Å²) in [5, 5.41) is 44.5. The molecule has 0 unspecified atom stereocenters. The van der Waals surface area contributed by atoms with Crippen molar-refractivity contribution in [2.45, 2.75) is 44.2 Å².